The Morgan fingerprint density at radius 2 is 2.33 bits per heavy atom. The number of aromatic nitrogens is 2. The van der Waals surface area contributed by atoms with Crippen LogP contribution in [0.4, 0.5) is 5.13 Å². The summed E-state index contributed by atoms with van der Waals surface area (Å²) >= 11 is 5.87. The first-order valence-electron chi connectivity index (χ1n) is 4.02. The molecule has 0 aliphatic heterocycles. The summed E-state index contributed by atoms with van der Waals surface area (Å²) in [5, 5.41) is 3.22. The second-order valence-corrected chi connectivity index (χ2v) is 5.92. The molecule has 2 heterocycles. The Bertz CT molecular complexity index is 494. The highest BCUT2D eigenvalue weighted by Gasteiger charge is 2.10. The van der Waals surface area contributed by atoms with Gasteiger partial charge in [0.2, 0.25) is 5.13 Å². The van der Waals surface area contributed by atoms with Crippen LogP contribution >= 0.6 is 38.8 Å². The van der Waals surface area contributed by atoms with Gasteiger partial charge in [-0.15, -0.1) is 11.3 Å². The molecule has 0 aromatic carbocycles. The van der Waals surface area contributed by atoms with Crippen LogP contribution in [0, 0.1) is 6.92 Å². The number of anilines is 1. The van der Waals surface area contributed by atoms with E-state index in [-0.39, 0.29) is 5.91 Å². The van der Waals surface area contributed by atoms with Crippen LogP contribution in [0.5, 0.6) is 0 Å². The van der Waals surface area contributed by atoms with Gasteiger partial charge in [-0.3, -0.25) is 10.1 Å². The Morgan fingerprint density at radius 1 is 1.53 bits per heavy atom. The predicted molar refractivity (Wildman–Crippen MR) is 64.6 cm³/mol. The van der Waals surface area contributed by atoms with Crippen molar-refractivity contribution < 1.29 is 4.79 Å². The standard InChI is InChI=1S/C8H6BrN3OS2/c1-4-10-8(15-12-4)11-7(13)5-2-3-6(9)14-5/h2-3H,1H3,(H,10,11,12,13). The number of hydrogen-bond acceptors (Lipinski definition) is 5. The molecule has 2 aromatic rings. The molecule has 0 atom stereocenters. The van der Waals surface area contributed by atoms with Crippen molar-refractivity contribution in [1.29, 1.82) is 0 Å². The van der Waals surface area contributed by atoms with Gasteiger partial charge >= 0.3 is 0 Å². The SMILES string of the molecule is Cc1nsc(NC(=O)c2ccc(Br)s2)n1. The van der Waals surface area contributed by atoms with E-state index in [1.54, 1.807) is 13.0 Å². The number of rotatable bonds is 2. The van der Waals surface area contributed by atoms with E-state index in [0.717, 1.165) is 3.79 Å². The highest BCUT2D eigenvalue weighted by molar-refractivity contribution is 9.11. The molecule has 0 fully saturated rings. The van der Waals surface area contributed by atoms with E-state index in [9.17, 15) is 4.79 Å². The Labute approximate surface area is 103 Å². The van der Waals surface area contributed by atoms with Crippen LogP contribution in [0.3, 0.4) is 0 Å². The summed E-state index contributed by atoms with van der Waals surface area (Å²) in [6.07, 6.45) is 0. The van der Waals surface area contributed by atoms with E-state index < -0.39 is 0 Å². The van der Waals surface area contributed by atoms with Gasteiger partial charge in [0.15, 0.2) is 0 Å². The maximum atomic E-state index is 11.7. The molecule has 0 saturated heterocycles. The summed E-state index contributed by atoms with van der Waals surface area (Å²) in [5.41, 5.74) is 0. The Hall–Kier alpha value is -0.790. The van der Waals surface area contributed by atoms with E-state index in [1.807, 2.05) is 6.07 Å². The van der Waals surface area contributed by atoms with Gasteiger partial charge in [-0.25, -0.2) is 4.98 Å². The highest BCUT2D eigenvalue weighted by atomic mass is 79.9. The zero-order chi connectivity index (χ0) is 10.8. The molecule has 7 heteroatoms. The number of nitrogens with one attached hydrogen (secondary N) is 1. The molecule has 0 radical (unpaired) electrons. The molecule has 1 N–H and O–H groups in total. The first-order chi connectivity index (χ1) is 7.15. The van der Waals surface area contributed by atoms with Crippen molar-refractivity contribution in [3.63, 3.8) is 0 Å². The van der Waals surface area contributed by atoms with Gasteiger partial charge in [0.25, 0.3) is 5.91 Å². The summed E-state index contributed by atoms with van der Waals surface area (Å²) in [6.45, 7) is 1.79. The van der Waals surface area contributed by atoms with Crippen molar-refractivity contribution >= 4 is 49.8 Å². The van der Waals surface area contributed by atoms with Gasteiger partial charge in [0, 0.05) is 11.5 Å². The summed E-state index contributed by atoms with van der Waals surface area (Å²) in [7, 11) is 0. The number of aryl methyl sites for hydroxylation is 1. The van der Waals surface area contributed by atoms with E-state index in [4.69, 9.17) is 0 Å². The van der Waals surface area contributed by atoms with Gasteiger partial charge < -0.3 is 0 Å². The number of halogens is 1. The second kappa shape index (κ2) is 4.38. The molecule has 15 heavy (non-hydrogen) atoms. The maximum Gasteiger partial charge on any atom is 0.267 e. The largest absolute Gasteiger partial charge is 0.296 e. The van der Waals surface area contributed by atoms with Crippen LogP contribution in [0.2, 0.25) is 0 Å². The smallest absolute Gasteiger partial charge is 0.267 e. The van der Waals surface area contributed by atoms with Crippen molar-refractivity contribution in [2.45, 2.75) is 6.92 Å². The first kappa shape index (κ1) is 10.7. The Balaban J connectivity index is 2.10. The molecule has 0 spiro atoms. The fourth-order valence-electron chi connectivity index (χ4n) is 0.943. The van der Waals surface area contributed by atoms with Crippen LogP contribution in [0.1, 0.15) is 15.5 Å². The quantitative estimate of drug-likeness (QED) is 0.928. The van der Waals surface area contributed by atoms with Crippen molar-refractivity contribution in [3.8, 4) is 0 Å². The summed E-state index contributed by atoms with van der Waals surface area (Å²) < 4.78 is 4.91. The first-order valence-corrected chi connectivity index (χ1v) is 6.40. The average molecular weight is 304 g/mol. The van der Waals surface area contributed by atoms with Crippen LogP contribution in [-0.4, -0.2) is 15.3 Å². The number of nitrogens with zero attached hydrogens (tertiary/aromatic N) is 2. The summed E-state index contributed by atoms with van der Waals surface area (Å²) in [5.74, 6) is 0.518. The molecule has 2 aromatic heterocycles. The minimum Gasteiger partial charge on any atom is -0.296 e. The number of carbonyl (C=O) groups is 1. The topological polar surface area (TPSA) is 54.9 Å². The Morgan fingerprint density at radius 3 is 2.87 bits per heavy atom. The lowest BCUT2D eigenvalue weighted by Crippen LogP contribution is -2.09. The molecule has 78 valence electrons. The van der Waals surface area contributed by atoms with E-state index in [1.165, 1.54) is 22.9 Å². The molecule has 0 aliphatic carbocycles. The van der Waals surface area contributed by atoms with Crippen LogP contribution in [0.15, 0.2) is 15.9 Å². The van der Waals surface area contributed by atoms with Crippen molar-refractivity contribution in [2.75, 3.05) is 5.32 Å². The zero-order valence-corrected chi connectivity index (χ0v) is 10.9. The second-order valence-electron chi connectivity index (χ2n) is 2.70. The monoisotopic (exact) mass is 303 g/mol. The van der Waals surface area contributed by atoms with E-state index in [2.05, 4.69) is 30.6 Å². The molecular weight excluding hydrogens is 298 g/mol. The van der Waals surface area contributed by atoms with Crippen molar-refractivity contribution in [2.24, 2.45) is 0 Å². The number of thiophene rings is 1. The summed E-state index contributed by atoms with van der Waals surface area (Å²) in [4.78, 5) is 16.4. The molecule has 2 rings (SSSR count). The molecule has 0 aliphatic rings. The van der Waals surface area contributed by atoms with Gasteiger partial charge in [-0.1, -0.05) is 0 Å². The normalized spacial score (nSPS) is 10.3. The Kier molecular flexibility index (Phi) is 3.13. The third kappa shape index (κ3) is 2.61. The predicted octanol–water partition coefficient (Wildman–Crippen LogP) is 2.92. The lowest BCUT2D eigenvalue weighted by molar-refractivity contribution is 0.103. The molecule has 0 bridgehead atoms. The number of amides is 1. The van der Waals surface area contributed by atoms with E-state index >= 15 is 0 Å². The zero-order valence-electron chi connectivity index (χ0n) is 7.65. The minimum absolute atomic E-state index is 0.151. The maximum absolute atomic E-state index is 11.7. The minimum atomic E-state index is -0.151. The third-order valence-corrected chi connectivity index (χ3v) is 3.89. The van der Waals surface area contributed by atoms with E-state index in [0.29, 0.717) is 15.8 Å². The third-order valence-electron chi connectivity index (χ3n) is 1.55. The van der Waals surface area contributed by atoms with Crippen LogP contribution < -0.4 is 5.32 Å². The molecule has 0 unspecified atom stereocenters. The summed E-state index contributed by atoms with van der Waals surface area (Å²) in [6, 6.07) is 3.60. The fourth-order valence-corrected chi connectivity index (χ4v) is 2.79. The van der Waals surface area contributed by atoms with Crippen LogP contribution in [-0.2, 0) is 0 Å². The van der Waals surface area contributed by atoms with Gasteiger partial charge in [0.1, 0.15) is 5.82 Å². The van der Waals surface area contributed by atoms with Crippen LogP contribution in [0.25, 0.3) is 0 Å². The fraction of sp³-hybridized carbons (Fsp3) is 0.125. The van der Waals surface area contributed by atoms with Crippen molar-refractivity contribution in [3.05, 3.63) is 26.6 Å². The van der Waals surface area contributed by atoms with Gasteiger partial charge in [0.05, 0.1) is 8.66 Å². The lowest BCUT2D eigenvalue weighted by atomic mass is 10.4. The van der Waals surface area contributed by atoms with Gasteiger partial charge in [-0.2, -0.15) is 4.37 Å². The van der Waals surface area contributed by atoms with Crippen molar-refractivity contribution in [1.82, 2.24) is 9.36 Å². The van der Waals surface area contributed by atoms with Gasteiger partial charge in [-0.05, 0) is 35.0 Å². The molecule has 0 saturated carbocycles. The highest BCUT2D eigenvalue weighted by Crippen LogP contribution is 2.23. The molecule has 1 amide bonds. The number of hydrogen-bond donors (Lipinski definition) is 1. The lowest BCUT2D eigenvalue weighted by Gasteiger charge is -1.96. The number of carbonyl (C=O) groups excluding carboxylic acids is 1. The molecule has 4 nitrogen and oxygen atoms in total. The molecular formula is C8H6BrN3OS2. The average Bonchev–Trinajstić information content (AvgIpc) is 2.75.